The Morgan fingerprint density at radius 3 is 2.37 bits per heavy atom. The summed E-state index contributed by atoms with van der Waals surface area (Å²) >= 11 is 4.84. The fraction of sp³-hybridized carbons (Fsp3) is 0.429. The normalized spacial score (nSPS) is 10.9. The number of carbonyl (C=O) groups is 1. The third-order valence-electron chi connectivity index (χ3n) is 2.19. The van der Waals surface area contributed by atoms with Crippen LogP contribution < -0.4 is 15.8 Å². The van der Waals surface area contributed by atoms with Gasteiger partial charge in [-0.2, -0.15) is 0 Å². The van der Waals surface area contributed by atoms with Gasteiger partial charge in [-0.3, -0.25) is 4.79 Å². The van der Waals surface area contributed by atoms with E-state index in [1.807, 2.05) is 32.9 Å². The molecule has 0 aliphatic rings. The molecule has 0 fully saturated rings. The highest BCUT2D eigenvalue weighted by atomic mass is 32.1. The average molecular weight is 280 g/mol. The highest BCUT2D eigenvalue weighted by molar-refractivity contribution is 7.80. The van der Waals surface area contributed by atoms with Crippen LogP contribution in [0.3, 0.4) is 0 Å². The standard InChI is InChI=1S/C14H20N2O2S/c1-14(2,3)16-13(17)9-18-11-6-4-10(5-7-11)8-12(15)19/h4-7H,8-9H2,1-3H3,(H2,15,19)(H,16,17). The third kappa shape index (κ3) is 6.76. The van der Waals surface area contributed by atoms with Crippen LogP contribution in [-0.2, 0) is 11.2 Å². The smallest absolute Gasteiger partial charge is 0.258 e. The van der Waals surface area contributed by atoms with Gasteiger partial charge < -0.3 is 15.8 Å². The first-order chi connectivity index (χ1) is 8.76. The Hall–Kier alpha value is -1.62. The molecule has 0 atom stereocenters. The van der Waals surface area contributed by atoms with E-state index >= 15 is 0 Å². The maximum Gasteiger partial charge on any atom is 0.258 e. The molecule has 19 heavy (non-hydrogen) atoms. The van der Waals surface area contributed by atoms with Crippen LogP contribution in [0.5, 0.6) is 5.75 Å². The number of hydrogen-bond acceptors (Lipinski definition) is 3. The lowest BCUT2D eigenvalue weighted by molar-refractivity contribution is -0.124. The Bertz CT molecular complexity index is 450. The van der Waals surface area contributed by atoms with Crippen molar-refractivity contribution in [2.24, 2.45) is 5.73 Å². The molecule has 0 aliphatic heterocycles. The van der Waals surface area contributed by atoms with Crippen LogP contribution in [0.15, 0.2) is 24.3 Å². The Morgan fingerprint density at radius 1 is 1.32 bits per heavy atom. The summed E-state index contributed by atoms with van der Waals surface area (Å²) in [4.78, 5) is 12.0. The maximum absolute atomic E-state index is 11.6. The second-order valence-corrected chi connectivity index (χ2v) is 5.90. The quantitative estimate of drug-likeness (QED) is 0.807. The number of nitrogens with one attached hydrogen (secondary N) is 1. The van der Waals surface area contributed by atoms with Gasteiger partial charge in [-0.05, 0) is 38.5 Å². The third-order valence-corrected chi connectivity index (χ3v) is 2.33. The van der Waals surface area contributed by atoms with E-state index in [4.69, 9.17) is 22.7 Å². The minimum Gasteiger partial charge on any atom is -0.484 e. The average Bonchev–Trinajstić information content (AvgIpc) is 2.25. The van der Waals surface area contributed by atoms with Gasteiger partial charge >= 0.3 is 0 Å². The predicted molar refractivity (Wildman–Crippen MR) is 80.3 cm³/mol. The molecule has 0 bridgehead atoms. The molecule has 0 aromatic heterocycles. The van der Waals surface area contributed by atoms with Gasteiger partial charge in [0, 0.05) is 12.0 Å². The van der Waals surface area contributed by atoms with E-state index < -0.39 is 0 Å². The van der Waals surface area contributed by atoms with E-state index in [1.54, 1.807) is 12.1 Å². The number of carbonyl (C=O) groups excluding carboxylic acids is 1. The van der Waals surface area contributed by atoms with E-state index in [1.165, 1.54) is 0 Å². The fourth-order valence-corrected chi connectivity index (χ4v) is 1.67. The predicted octanol–water partition coefficient (Wildman–Crippen LogP) is 1.81. The molecule has 4 nitrogen and oxygen atoms in total. The minimum atomic E-state index is -0.249. The summed E-state index contributed by atoms with van der Waals surface area (Å²) in [7, 11) is 0. The van der Waals surface area contributed by atoms with Gasteiger partial charge in [-0.15, -0.1) is 0 Å². The molecule has 0 radical (unpaired) electrons. The van der Waals surface area contributed by atoms with Gasteiger partial charge in [0.05, 0.1) is 4.99 Å². The second kappa shape index (κ2) is 6.52. The van der Waals surface area contributed by atoms with Crippen LogP contribution >= 0.6 is 12.2 Å². The van der Waals surface area contributed by atoms with Crippen molar-refractivity contribution in [2.45, 2.75) is 32.7 Å². The van der Waals surface area contributed by atoms with Gasteiger partial charge in [0.15, 0.2) is 6.61 Å². The summed E-state index contributed by atoms with van der Waals surface area (Å²) in [6.07, 6.45) is 0.570. The summed E-state index contributed by atoms with van der Waals surface area (Å²) in [5, 5.41) is 2.83. The van der Waals surface area contributed by atoms with Crippen LogP contribution in [-0.4, -0.2) is 23.0 Å². The Labute approximate surface area is 119 Å². The number of ether oxygens (including phenoxy) is 1. The lowest BCUT2D eigenvalue weighted by Crippen LogP contribution is -2.43. The molecule has 0 saturated carbocycles. The molecule has 1 amide bonds. The summed E-state index contributed by atoms with van der Waals surface area (Å²) in [5.74, 6) is 0.510. The molecule has 5 heteroatoms. The zero-order chi connectivity index (χ0) is 14.5. The molecule has 0 spiro atoms. The Kier molecular flexibility index (Phi) is 5.30. The van der Waals surface area contributed by atoms with Crippen LogP contribution in [0.1, 0.15) is 26.3 Å². The fourth-order valence-electron chi connectivity index (χ4n) is 1.51. The van der Waals surface area contributed by atoms with Crippen LogP contribution in [0, 0.1) is 0 Å². The number of hydrogen-bond donors (Lipinski definition) is 2. The van der Waals surface area contributed by atoms with E-state index in [-0.39, 0.29) is 18.1 Å². The van der Waals surface area contributed by atoms with Gasteiger partial charge in [-0.25, -0.2) is 0 Å². The van der Waals surface area contributed by atoms with Crippen molar-refractivity contribution in [1.82, 2.24) is 5.32 Å². The summed E-state index contributed by atoms with van der Waals surface area (Å²) in [5.41, 5.74) is 6.24. The van der Waals surface area contributed by atoms with Crippen molar-refractivity contribution in [3.8, 4) is 5.75 Å². The van der Waals surface area contributed by atoms with Crippen molar-refractivity contribution in [3.63, 3.8) is 0 Å². The largest absolute Gasteiger partial charge is 0.484 e. The first kappa shape index (κ1) is 15.4. The molecular weight excluding hydrogens is 260 g/mol. The lowest BCUT2D eigenvalue weighted by atomic mass is 10.1. The topological polar surface area (TPSA) is 64.3 Å². The number of benzene rings is 1. The highest BCUT2D eigenvalue weighted by Crippen LogP contribution is 2.12. The Morgan fingerprint density at radius 2 is 1.89 bits per heavy atom. The zero-order valence-electron chi connectivity index (χ0n) is 11.5. The molecule has 104 valence electrons. The first-order valence-electron chi connectivity index (χ1n) is 6.07. The molecule has 1 rings (SSSR count). The lowest BCUT2D eigenvalue weighted by Gasteiger charge is -2.20. The van der Waals surface area contributed by atoms with Gasteiger partial charge in [0.2, 0.25) is 0 Å². The van der Waals surface area contributed by atoms with Crippen molar-refractivity contribution >= 4 is 23.1 Å². The monoisotopic (exact) mass is 280 g/mol. The Balaban J connectivity index is 2.46. The van der Waals surface area contributed by atoms with Gasteiger partial charge in [-0.1, -0.05) is 24.4 Å². The summed E-state index contributed by atoms with van der Waals surface area (Å²) in [6.45, 7) is 5.78. The molecular formula is C14H20N2O2S. The first-order valence-corrected chi connectivity index (χ1v) is 6.48. The molecule has 0 saturated heterocycles. The van der Waals surface area contributed by atoms with E-state index in [0.29, 0.717) is 17.2 Å². The summed E-state index contributed by atoms with van der Waals surface area (Å²) < 4.78 is 5.40. The van der Waals surface area contributed by atoms with Crippen LogP contribution in [0.2, 0.25) is 0 Å². The van der Waals surface area contributed by atoms with Crippen molar-refractivity contribution in [1.29, 1.82) is 0 Å². The number of rotatable bonds is 5. The van der Waals surface area contributed by atoms with E-state index in [2.05, 4.69) is 5.32 Å². The molecule has 1 aromatic carbocycles. The highest BCUT2D eigenvalue weighted by Gasteiger charge is 2.13. The number of thiocarbonyl (C=S) groups is 1. The number of nitrogens with two attached hydrogens (primary N) is 1. The van der Waals surface area contributed by atoms with Gasteiger partial charge in [0.1, 0.15) is 5.75 Å². The minimum absolute atomic E-state index is 0.00587. The number of amides is 1. The van der Waals surface area contributed by atoms with Gasteiger partial charge in [0.25, 0.3) is 5.91 Å². The van der Waals surface area contributed by atoms with Crippen molar-refractivity contribution < 1.29 is 9.53 Å². The molecule has 0 heterocycles. The SMILES string of the molecule is CC(C)(C)NC(=O)COc1ccc(CC(N)=S)cc1. The van der Waals surface area contributed by atoms with Crippen molar-refractivity contribution in [3.05, 3.63) is 29.8 Å². The second-order valence-electron chi connectivity index (χ2n) is 5.37. The van der Waals surface area contributed by atoms with Crippen molar-refractivity contribution in [2.75, 3.05) is 6.61 Å². The van der Waals surface area contributed by atoms with E-state index in [0.717, 1.165) is 5.56 Å². The van der Waals surface area contributed by atoms with E-state index in [9.17, 15) is 4.79 Å². The van der Waals surface area contributed by atoms with Crippen LogP contribution in [0.25, 0.3) is 0 Å². The van der Waals surface area contributed by atoms with Crippen LogP contribution in [0.4, 0.5) is 0 Å². The molecule has 1 aromatic rings. The zero-order valence-corrected chi connectivity index (χ0v) is 12.3. The summed E-state index contributed by atoms with van der Waals surface area (Å²) in [6, 6.07) is 7.38. The molecule has 0 unspecified atom stereocenters. The maximum atomic E-state index is 11.6. The molecule has 3 N–H and O–H groups in total. The molecule has 0 aliphatic carbocycles.